The van der Waals surface area contributed by atoms with Crippen LogP contribution in [-0.2, 0) is 19.9 Å². The zero-order valence-electron chi connectivity index (χ0n) is 8.53. The number of aromatic nitrogens is 2. The number of aliphatic hydroxyl groups is 1. The van der Waals surface area contributed by atoms with Crippen LogP contribution < -0.4 is 5.73 Å². The topological polar surface area (TPSA) is 64.1 Å². The van der Waals surface area contributed by atoms with Crippen molar-refractivity contribution in [2.75, 3.05) is 6.54 Å². The van der Waals surface area contributed by atoms with Gasteiger partial charge in [-0.2, -0.15) is 5.10 Å². The summed E-state index contributed by atoms with van der Waals surface area (Å²) in [6, 6.07) is 0. The van der Waals surface area contributed by atoms with E-state index in [9.17, 15) is 5.11 Å². The first-order valence-electron chi connectivity index (χ1n) is 5.16. The molecule has 1 unspecified atom stereocenters. The molecule has 1 aromatic rings. The minimum absolute atomic E-state index is 0.325. The molecule has 4 heteroatoms. The normalized spacial score (nSPS) is 20.9. The van der Waals surface area contributed by atoms with Crippen LogP contribution in [0, 0.1) is 0 Å². The number of hydrogen-bond donors (Lipinski definition) is 2. The number of aliphatic hydroxyl groups excluding tert-OH is 1. The van der Waals surface area contributed by atoms with Crippen molar-refractivity contribution in [2.24, 2.45) is 12.8 Å². The summed E-state index contributed by atoms with van der Waals surface area (Å²) in [5, 5.41) is 14.3. The zero-order valence-corrected chi connectivity index (χ0v) is 8.53. The van der Waals surface area contributed by atoms with Gasteiger partial charge in [-0.05, 0) is 25.8 Å². The Bertz CT molecular complexity index is 332. The van der Waals surface area contributed by atoms with Gasteiger partial charge in [-0.25, -0.2) is 0 Å². The predicted molar refractivity (Wildman–Crippen MR) is 53.9 cm³/mol. The largest absolute Gasteiger partial charge is 0.388 e. The van der Waals surface area contributed by atoms with Crippen LogP contribution in [0.1, 0.15) is 35.9 Å². The molecule has 0 bridgehead atoms. The van der Waals surface area contributed by atoms with Crippen molar-refractivity contribution >= 4 is 0 Å². The average Bonchev–Trinajstić information content (AvgIpc) is 2.46. The third-order valence-corrected chi connectivity index (χ3v) is 2.89. The highest BCUT2D eigenvalue weighted by Crippen LogP contribution is 2.31. The molecule has 14 heavy (non-hydrogen) atoms. The van der Waals surface area contributed by atoms with E-state index in [2.05, 4.69) is 5.10 Å². The number of rotatable bonds is 2. The lowest BCUT2D eigenvalue weighted by molar-refractivity contribution is 0.155. The highest BCUT2D eigenvalue weighted by Gasteiger charge is 2.25. The molecule has 0 radical (unpaired) electrons. The van der Waals surface area contributed by atoms with E-state index in [-0.39, 0.29) is 6.10 Å². The Morgan fingerprint density at radius 2 is 2.43 bits per heavy atom. The third kappa shape index (κ3) is 1.44. The van der Waals surface area contributed by atoms with Crippen LogP contribution >= 0.6 is 0 Å². The highest BCUT2D eigenvalue weighted by atomic mass is 16.3. The monoisotopic (exact) mass is 195 g/mol. The fourth-order valence-electron chi connectivity index (χ4n) is 2.25. The van der Waals surface area contributed by atoms with E-state index in [4.69, 9.17) is 5.73 Å². The SMILES string of the molecule is Cn1nc(CCN)c2c1CCCC2O. The maximum atomic E-state index is 9.89. The van der Waals surface area contributed by atoms with E-state index in [1.165, 1.54) is 5.69 Å². The van der Waals surface area contributed by atoms with E-state index in [0.29, 0.717) is 6.54 Å². The summed E-state index contributed by atoms with van der Waals surface area (Å²) in [5.41, 5.74) is 8.73. The molecular formula is C10H17N3O. The first-order chi connectivity index (χ1) is 6.74. The average molecular weight is 195 g/mol. The molecule has 0 fully saturated rings. The van der Waals surface area contributed by atoms with Gasteiger partial charge in [0.2, 0.25) is 0 Å². The van der Waals surface area contributed by atoms with Gasteiger partial charge in [-0.15, -0.1) is 0 Å². The molecule has 78 valence electrons. The van der Waals surface area contributed by atoms with Crippen LogP contribution in [0.2, 0.25) is 0 Å². The summed E-state index contributed by atoms with van der Waals surface area (Å²) < 4.78 is 1.89. The van der Waals surface area contributed by atoms with Gasteiger partial charge >= 0.3 is 0 Å². The van der Waals surface area contributed by atoms with Crippen molar-refractivity contribution in [3.05, 3.63) is 17.0 Å². The molecule has 0 saturated carbocycles. The molecule has 3 N–H and O–H groups in total. The fraction of sp³-hybridized carbons (Fsp3) is 0.700. The van der Waals surface area contributed by atoms with Gasteiger partial charge in [0.05, 0.1) is 11.8 Å². The summed E-state index contributed by atoms with van der Waals surface area (Å²) in [4.78, 5) is 0. The summed E-state index contributed by atoms with van der Waals surface area (Å²) in [6.07, 6.45) is 3.38. The van der Waals surface area contributed by atoms with Gasteiger partial charge in [-0.3, -0.25) is 4.68 Å². The Morgan fingerprint density at radius 3 is 3.14 bits per heavy atom. The van der Waals surface area contributed by atoms with Crippen LogP contribution in [0.5, 0.6) is 0 Å². The first kappa shape index (κ1) is 9.68. The van der Waals surface area contributed by atoms with Crippen LogP contribution in [-0.4, -0.2) is 21.4 Å². The maximum Gasteiger partial charge on any atom is 0.0826 e. The molecule has 0 spiro atoms. The molecule has 0 saturated heterocycles. The second-order valence-corrected chi connectivity index (χ2v) is 3.88. The van der Waals surface area contributed by atoms with Gasteiger partial charge in [-0.1, -0.05) is 0 Å². The van der Waals surface area contributed by atoms with Gasteiger partial charge in [0.1, 0.15) is 0 Å². The van der Waals surface area contributed by atoms with E-state index >= 15 is 0 Å². The smallest absolute Gasteiger partial charge is 0.0826 e. The van der Waals surface area contributed by atoms with Crippen molar-refractivity contribution in [3.8, 4) is 0 Å². The van der Waals surface area contributed by atoms with Crippen molar-refractivity contribution in [3.63, 3.8) is 0 Å². The van der Waals surface area contributed by atoms with Gasteiger partial charge in [0.25, 0.3) is 0 Å². The van der Waals surface area contributed by atoms with E-state index in [1.54, 1.807) is 0 Å². The molecule has 0 aromatic carbocycles. The molecular weight excluding hydrogens is 178 g/mol. The number of fused-ring (bicyclic) bond motifs is 1. The zero-order chi connectivity index (χ0) is 10.1. The standard InChI is InChI=1S/C10H17N3O/c1-13-8-3-2-4-9(14)10(8)7(12-13)5-6-11/h9,14H,2-6,11H2,1H3. The maximum absolute atomic E-state index is 9.89. The van der Waals surface area contributed by atoms with Crippen molar-refractivity contribution in [2.45, 2.75) is 31.8 Å². The van der Waals surface area contributed by atoms with E-state index < -0.39 is 0 Å². The van der Waals surface area contributed by atoms with Gasteiger partial charge < -0.3 is 10.8 Å². The van der Waals surface area contributed by atoms with Crippen LogP contribution in [0.4, 0.5) is 0 Å². The minimum atomic E-state index is -0.325. The van der Waals surface area contributed by atoms with Crippen molar-refractivity contribution in [1.29, 1.82) is 0 Å². The second kappa shape index (κ2) is 3.71. The Morgan fingerprint density at radius 1 is 1.64 bits per heavy atom. The number of nitrogens with two attached hydrogens (primary N) is 1. The van der Waals surface area contributed by atoms with Crippen LogP contribution in [0.3, 0.4) is 0 Å². The molecule has 1 atom stereocenters. The molecule has 1 aliphatic carbocycles. The van der Waals surface area contributed by atoms with Crippen molar-refractivity contribution in [1.82, 2.24) is 9.78 Å². The number of nitrogens with zero attached hydrogens (tertiary/aromatic N) is 2. The fourth-order valence-corrected chi connectivity index (χ4v) is 2.25. The lowest BCUT2D eigenvalue weighted by atomic mass is 9.92. The van der Waals surface area contributed by atoms with Crippen LogP contribution in [0.25, 0.3) is 0 Å². The predicted octanol–water partition coefficient (Wildman–Crippen LogP) is 0.291. The Balaban J connectivity index is 2.42. The Hall–Kier alpha value is -0.870. The first-order valence-corrected chi connectivity index (χ1v) is 5.16. The van der Waals surface area contributed by atoms with Gasteiger partial charge in [0, 0.05) is 24.7 Å². The Kier molecular flexibility index (Phi) is 2.56. The van der Waals surface area contributed by atoms with Crippen LogP contribution in [0.15, 0.2) is 0 Å². The minimum Gasteiger partial charge on any atom is -0.388 e. The molecule has 0 aliphatic heterocycles. The Labute approximate surface area is 83.7 Å². The lowest BCUT2D eigenvalue weighted by Crippen LogP contribution is -2.12. The summed E-state index contributed by atoms with van der Waals surface area (Å²) in [7, 11) is 1.94. The molecule has 0 amide bonds. The summed E-state index contributed by atoms with van der Waals surface area (Å²) in [6.45, 7) is 0.593. The molecule has 4 nitrogen and oxygen atoms in total. The molecule has 1 aromatic heterocycles. The highest BCUT2D eigenvalue weighted by molar-refractivity contribution is 5.31. The molecule has 2 rings (SSSR count). The second-order valence-electron chi connectivity index (χ2n) is 3.88. The summed E-state index contributed by atoms with van der Waals surface area (Å²) >= 11 is 0. The molecule has 1 heterocycles. The van der Waals surface area contributed by atoms with Crippen molar-refractivity contribution < 1.29 is 5.11 Å². The summed E-state index contributed by atoms with van der Waals surface area (Å²) in [5.74, 6) is 0. The lowest BCUT2D eigenvalue weighted by Gasteiger charge is -2.18. The third-order valence-electron chi connectivity index (χ3n) is 2.89. The molecule has 1 aliphatic rings. The number of hydrogen-bond acceptors (Lipinski definition) is 3. The van der Waals surface area contributed by atoms with E-state index in [0.717, 1.165) is 36.9 Å². The quantitative estimate of drug-likeness (QED) is 0.713. The number of aryl methyl sites for hydroxylation is 1. The van der Waals surface area contributed by atoms with Gasteiger partial charge in [0.15, 0.2) is 0 Å². The van der Waals surface area contributed by atoms with E-state index in [1.807, 2.05) is 11.7 Å².